The predicted molar refractivity (Wildman–Crippen MR) is 103 cm³/mol. The van der Waals surface area contributed by atoms with Gasteiger partial charge in [-0.05, 0) is 30.4 Å². The Kier molecular flexibility index (Phi) is 6.74. The van der Waals surface area contributed by atoms with Gasteiger partial charge in [0.1, 0.15) is 0 Å². The van der Waals surface area contributed by atoms with Gasteiger partial charge in [-0.2, -0.15) is 0 Å². The first-order chi connectivity index (χ1) is 12.1. The highest BCUT2D eigenvalue weighted by Crippen LogP contribution is 2.23. The number of amides is 1. The van der Waals surface area contributed by atoms with Crippen molar-refractivity contribution in [3.63, 3.8) is 0 Å². The molecule has 1 aliphatic carbocycles. The van der Waals surface area contributed by atoms with E-state index in [-0.39, 0.29) is 5.91 Å². The van der Waals surface area contributed by atoms with Gasteiger partial charge in [-0.25, -0.2) is 0 Å². The Morgan fingerprint density at radius 1 is 1.16 bits per heavy atom. The van der Waals surface area contributed by atoms with Gasteiger partial charge in [0.05, 0.1) is 6.54 Å². The SMILES string of the molecule is CC1CCCC(NC(=O)CN2CCN(Cc3ccccc3Cl)CC2)C1. The quantitative estimate of drug-likeness (QED) is 0.872. The normalized spacial score (nSPS) is 25.7. The number of hydrogen-bond acceptors (Lipinski definition) is 3. The molecule has 1 N–H and O–H groups in total. The van der Waals surface area contributed by atoms with E-state index in [0.717, 1.165) is 56.5 Å². The molecule has 2 aliphatic rings. The van der Waals surface area contributed by atoms with Crippen LogP contribution in [0.3, 0.4) is 0 Å². The summed E-state index contributed by atoms with van der Waals surface area (Å²) in [4.78, 5) is 17.0. The number of nitrogens with one attached hydrogen (secondary N) is 1. The summed E-state index contributed by atoms with van der Waals surface area (Å²) >= 11 is 6.25. The molecule has 138 valence electrons. The van der Waals surface area contributed by atoms with Crippen LogP contribution in [-0.4, -0.2) is 54.5 Å². The van der Waals surface area contributed by atoms with Crippen LogP contribution in [0.4, 0.5) is 0 Å². The third kappa shape index (κ3) is 5.70. The topological polar surface area (TPSA) is 35.6 Å². The van der Waals surface area contributed by atoms with Crippen LogP contribution in [0.5, 0.6) is 0 Å². The largest absolute Gasteiger partial charge is 0.352 e. The molecule has 1 aromatic rings. The van der Waals surface area contributed by atoms with Crippen molar-refractivity contribution in [2.75, 3.05) is 32.7 Å². The standard InChI is InChI=1S/C20H30ClN3O/c1-16-5-4-7-18(13-16)22-20(25)15-24-11-9-23(10-12-24)14-17-6-2-3-8-19(17)21/h2-3,6,8,16,18H,4-5,7,9-15H2,1H3,(H,22,25). The Morgan fingerprint density at radius 2 is 1.88 bits per heavy atom. The number of carbonyl (C=O) groups excluding carboxylic acids is 1. The lowest BCUT2D eigenvalue weighted by Crippen LogP contribution is -2.50. The lowest BCUT2D eigenvalue weighted by atomic mass is 9.87. The monoisotopic (exact) mass is 363 g/mol. The molecule has 1 saturated heterocycles. The highest BCUT2D eigenvalue weighted by molar-refractivity contribution is 6.31. The van der Waals surface area contributed by atoms with Crippen LogP contribution in [0, 0.1) is 5.92 Å². The smallest absolute Gasteiger partial charge is 0.234 e. The summed E-state index contributed by atoms with van der Waals surface area (Å²) in [5.74, 6) is 0.936. The molecule has 0 radical (unpaired) electrons. The number of nitrogens with zero attached hydrogens (tertiary/aromatic N) is 2. The maximum Gasteiger partial charge on any atom is 0.234 e. The Morgan fingerprint density at radius 3 is 2.60 bits per heavy atom. The first kappa shape index (κ1) is 18.7. The van der Waals surface area contributed by atoms with Crippen LogP contribution in [0.15, 0.2) is 24.3 Å². The maximum absolute atomic E-state index is 12.3. The fourth-order valence-electron chi connectivity index (χ4n) is 4.01. The van der Waals surface area contributed by atoms with Crippen LogP contribution >= 0.6 is 11.6 Å². The van der Waals surface area contributed by atoms with Gasteiger partial charge >= 0.3 is 0 Å². The van der Waals surface area contributed by atoms with Crippen molar-refractivity contribution < 1.29 is 4.79 Å². The van der Waals surface area contributed by atoms with E-state index in [2.05, 4.69) is 28.1 Å². The van der Waals surface area contributed by atoms with Crippen molar-refractivity contribution in [1.82, 2.24) is 15.1 Å². The molecule has 1 heterocycles. The van der Waals surface area contributed by atoms with Gasteiger partial charge in [0, 0.05) is 43.8 Å². The molecule has 2 fully saturated rings. The minimum Gasteiger partial charge on any atom is -0.352 e. The molecule has 0 spiro atoms. The zero-order chi connectivity index (χ0) is 17.6. The van der Waals surface area contributed by atoms with Gasteiger partial charge in [0.2, 0.25) is 5.91 Å². The molecular formula is C20H30ClN3O. The van der Waals surface area contributed by atoms with Crippen LogP contribution in [0.25, 0.3) is 0 Å². The van der Waals surface area contributed by atoms with Gasteiger partial charge in [0.15, 0.2) is 0 Å². The maximum atomic E-state index is 12.3. The van der Waals surface area contributed by atoms with E-state index in [1.165, 1.54) is 18.4 Å². The van der Waals surface area contributed by atoms with Gasteiger partial charge in [0.25, 0.3) is 0 Å². The molecule has 0 aromatic heterocycles. The molecule has 25 heavy (non-hydrogen) atoms. The van der Waals surface area contributed by atoms with E-state index >= 15 is 0 Å². The summed E-state index contributed by atoms with van der Waals surface area (Å²) in [7, 11) is 0. The van der Waals surface area contributed by atoms with Gasteiger partial charge in [-0.3, -0.25) is 14.6 Å². The molecule has 1 amide bonds. The van der Waals surface area contributed by atoms with Crippen LogP contribution < -0.4 is 5.32 Å². The third-order valence-electron chi connectivity index (χ3n) is 5.49. The molecule has 2 unspecified atom stereocenters. The van der Waals surface area contributed by atoms with E-state index in [0.29, 0.717) is 12.6 Å². The molecule has 1 aromatic carbocycles. The average molecular weight is 364 g/mol. The lowest BCUT2D eigenvalue weighted by molar-refractivity contribution is -0.123. The molecule has 2 atom stereocenters. The molecule has 1 aliphatic heterocycles. The molecule has 4 nitrogen and oxygen atoms in total. The highest BCUT2D eigenvalue weighted by Gasteiger charge is 2.23. The number of halogens is 1. The number of hydrogen-bond donors (Lipinski definition) is 1. The Bertz CT molecular complexity index is 572. The summed E-state index contributed by atoms with van der Waals surface area (Å²) < 4.78 is 0. The summed E-state index contributed by atoms with van der Waals surface area (Å²) in [6.45, 7) is 7.57. The fourth-order valence-corrected chi connectivity index (χ4v) is 4.21. The minimum atomic E-state index is 0.193. The van der Waals surface area contributed by atoms with Crippen LogP contribution in [-0.2, 0) is 11.3 Å². The third-order valence-corrected chi connectivity index (χ3v) is 5.85. The predicted octanol–water partition coefficient (Wildman–Crippen LogP) is 3.15. The van der Waals surface area contributed by atoms with E-state index in [4.69, 9.17) is 11.6 Å². The minimum absolute atomic E-state index is 0.193. The van der Waals surface area contributed by atoms with Gasteiger partial charge < -0.3 is 5.32 Å². The van der Waals surface area contributed by atoms with Crippen LogP contribution in [0.1, 0.15) is 38.2 Å². The second kappa shape index (κ2) is 9.02. The fraction of sp³-hybridized carbons (Fsp3) is 0.650. The number of rotatable bonds is 5. The van der Waals surface area contributed by atoms with E-state index in [1.54, 1.807) is 0 Å². The molecule has 1 saturated carbocycles. The van der Waals surface area contributed by atoms with Crippen molar-refractivity contribution in [2.45, 2.75) is 45.2 Å². The second-order valence-corrected chi connectivity index (χ2v) is 8.09. The molecule has 5 heteroatoms. The first-order valence-electron chi connectivity index (χ1n) is 9.57. The summed E-state index contributed by atoms with van der Waals surface area (Å²) in [6, 6.07) is 8.43. The van der Waals surface area contributed by atoms with E-state index in [9.17, 15) is 4.79 Å². The number of piperazine rings is 1. The van der Waals surface area contributed by atoms with Crippen molar-refractivity contribution >= 4 is 17.5 Å². The Hall–Kier alpha value is -1.10. The van der Waals surface area contributed by atoms with E-state index in [1.807, 2.05) is 18.2 Å². The molecular weight excluding hydrogens is 334 g/mol. The van der Waals surface area contributed by atoms with Crippen LogP contribution in [0.2, 0.25) is 5.02 Å². The van der Waals surface area contributed by atoms with Gasteiger partial charge in [-0.15, -0.1) is 0 Å². The van der Waals surface area contributed by atoms with Crippen molar-refractivity contribution in [1.29, 1.82) is 0 Å². The zero-order valence-corrected chi connectivity index (χ0v) is 16.0. The lowest BCUT2D eigenvalue weighted by Gasteiger charge is -2.35. The molecule has 3 rings (SSSR count). The first-order valence-corrected chi connectivity index (χ1v) is 9.95. The van der Waals surface area contributed by atoms with Gasteiger partial charge in [-0.1, -0.05) is 49.6 Å². The summed E-state index contributed by atoms with van der Waals surface area (Å²) in [6.07, 6.45) is 4.83. The highest BCUT2D eigenvalue weighted by atomic mass is 35.5. The van der Waals surface area contributed by atoms with Crippen molar-refractivity contribution in [2.24, 2.45) is 5.92 Å². The average Bonchev–Trinajstić information content (AvgIpc) is 2.58. The Balaban J connectivity index is 1.39. The Labute approximate surface area is 156 Å². The number of carbonyl (C=O) groups is 1. The summed E-state index contributed by atoms with van der Waals surface area (Å²) in [5, 5.41) is 4.08. The number of benzene rings is 1. The van der Waals surface area contributed by atoms with Crippen molar-refractivity contribution in [3.05, 3.63) is 34.9 Å². The second-order valence-electron chi connectivity index (χ2n) is 7.68. The zero-order valence-electron chi connectivity index (χ0n) is 15.2. The van der Waals surface area contributed by atoms with E-state index < -0.39 is 0 Å². The van der Waals surface area contributed by atoms with Crippen molar-refractivity contribution in [3.8, 4) is 0 Å². The summed E-state index contributed by atoms with van der Waals surface area (Å²) in [5.41, 5.74) is 1.18. The molecule has 0 bridgehead atoms.